The van der Waals surface area contributed by atoms with Gasteiger partial charge in [0.2, 0.25) is 10.0 Å². The Morgan fingerprint density at radius 1 is 0.931 bits per heavy atom. The Bertz CT molecular complexity index is 844. The summed E-state index contributed by atoms with van der Waals surface area (Å²) < 4.78 is 32.0. The smallest absolute Gasteiger partial charge is 0.340 e. The number of rotatable bonds is 5. The van der Waals surface area contributed by atoms with E-state index in [9.17, 15) is 18.0 Å². The summed E-state index contributed by atoms with van der Waals surface area (Å²) in [4.78, 5) is 26.6. The van der Waals surface area contributed by atoms with E-state index in [0.717, 1.165) is 38.5 Å². The minimum atomic E-state index is -3.68. The third-order valence-corrected chi connectivity index (χ3v) is 7.62. The van der Waals surface area contributed by atoms with Gasteiger partial charge in [-0.1, -0.05) is 30.9 Å². The standard InChI is InChI=1S/C20H27ClN2O5S/c21-18-9-8-16(29(26,27)23-12-6-7-13-23)14-17(18)20(25)28-15-19(24)22-10-4-2-1-3-5-11-22/h8-9,14H,1-7,10-13,15H2. The van der Waals surface area contributed by atoms with E-state index >= 15 is 0 Å². The van der Waals surface area contributed by atoms with E-state index in [1.165, 1.54) is 28.9 Å². The summed E-state index contributed by atoms with van der Waals surface area (Å²) >= 11 is 6.10. The number of nitrogens with zero attached hydrogens (tertiary/aromatic N) is 2. The van der Waals surface area contributed by atoms with Crippen molar-refractivity contribution in [1.29, 1.82) is 0 Å². The molecule has 3 rings (SSSR count). The number of ether oxygens (including phenoxy) is 1. The Morgan fingerprint density at radius 2 is 1.52 bits per heavy atom. The summed E-state index contributed by atoms with van der Waals surface area (Å²) in [5.74, 6) is -1.04. The van der Waals surface area contributed by atoms with Gasteiger partial charge < -0.3 is 9.64 Å². The molecule has 2 fully saturated rings. The second kappa shape index (κ2) is 9.91. The fraction of sp³-hybridized carbons (Fsp3) is 0.600. The Kier molecular flexibility index (Phi) is 7.54. The second-order valence-electron chi connectivity index (χ2n) is 7.48. The Labute approximate surface area is 177 Å². The van der Waals surface area contributed by atoms with Crippen molar-refractivity contribution in [2.24, 2.45) is 0 Å². The van der Waals surface area contributed by atoms with Gasteiger partial charge in [0.25, 0.3) is 5.91 Å². The molecule has 2 heterocycles. The SMILES string of the molecule is O=C(OCC(=O)N1CCCCCCC1)c1cc(S(=O)(=O)N2CCCC2)ccc1Cl. The molecule has 2 saturated heterocycles. The minimum absolute atomic E-state index is 0.00541. The van der Waals surface area contributed by atoms with Crippen LogP contribution in [0.5, 0.6) is 0 Å². The highest BCUT2D eigenvalue weighted by Gasteiger charge is 2.28. The van der Waals surface area contributed by atoms with Crippen LogP contribution in [0, 0.1) is 0 Å². The molecule has 0 aromatic heterocycles. The van der Waals surface area contributed by atoms with Crippen molar-refractivity contribution >= 4 is 33.5 Å². The molecule has 0 aliphatic carbocycles. The quantitative estimate of drug-likeness (QED) is 0.654. The predicted octanol–water partition coefficient (Wildman–Crippen LogP) is 3.07. The molecule has 1 amide bonds. The minimum Gasteiger partial charge on any atom is -0.452 e. The van der Waals surface area contributed by atoms with Gasteiger partial charge >= 0.3 is 5.97 Å². The van der Waals surface area contributed by atoms with Gasteiger partial charge in [0, 0.05) is 26.2 Å². The van der Waals surface area contributed by atoms with Crippen molar-refractivity contribution in [3.63, 3.8) is 0 Å². The van der Waals surface area contributed by atoms with Crippen molar-refractivity contribution in [2.45, 2.75) is 49.8 Å². The average molecular weight is 443 g/mol. The molecule has 1 aromatic rings. The molecule has 1 aromatic carbocycles. The van der Waals surface area contributed by atoms with Gasteiger partial charge in [0.1, 0.15) is 0 Å². The van der Waals surface area contributed by atoms with Crippen molar-refractivity contribution < 1.29 is 22.7 Å². The lowest BCUT2D eigenvalue weighted by atomic mass is 10.1. The van der Waals surface area contributed by atoms with Crippen LogP contribution in [0.4, 0.5) is 0 Å². The maximum Gasteiger partial charge on any atom is 0.340 e. The highest BCUT2D eigenvalue weighted by molar-refractivity contribution is 7.89. The molecule has 0 unspecified atom stereocenters. The van der Waals surface area contributed by atoms with E-state index in [4.69, 9.17) is 16.3 Å². The lowest BCUT2D eigenvalue weighted by Crippen LogP contribution is -2.37. The summed E-state index contributed by atoms with van der Waals surface area (Å²) in [5, 5.41) is 0.0917. The Balaban J connectivity index is 1.66. The van der Waals surface area contributed by atoms with Gasteiger partial charge in [-0.05, 0) is 43.9 Å². The van der Waals surface area contributed by atoms with E-state index in [2.05, 4.69) is 0 Å². The monoisotopic (exact) mass is 442 g/mol. The highest BCUT2D eigenvalue weighted by atomic mass is 35.5. The fourth-order valence-electron chi connectivity index (χ4n) is 3.69. The second-order valence-corrected chi connectivity index (χ2v) is 9.82. The number of halogens is 1. The number of hydrogen-bond acceptors (Lipinski definition) is 5. The van der Waals surface area contributed by atoms with E-state index in [0.29, 0.717) is 26.2 Å². The number of carbonyl (C=O) groups excluding carboxylic acids is 2. The summed E-state index contributed by atoms with van der Waals surface area (Å²) in [7, 11) is -3.68. The molecule has 7 nitrogen and oxygen atoms in total. The lowest BCUT2D eigenvalue weighted by Gasteiger charge is -2.24. The van der Waals surface area contributed by atoms with Gasteiger partial charge in [0.05, 0.1) is 15.5 Å². The largest absolute Gasteiger partial charge is 0.452 e. The number of sulfonamides is 1. The number of carbonyl (C=O) groups is 2. The third kappa shape index (κ3) is 5.49. The first-order chi connectivity index (χ1) is 13.9. The molecule has 0 bridgehead atoms. The van der Waals surface area contributed by atoms with Gasteiger partial charge in [-0.15, -0.1) is 0 Å². The zero-order valence-electron chi connectivity index (χ0n) is 16.4. The molecule has 160 valence electrons. The number of likely N-dealkylation sites (tertiary alicyclic amines) is 1. The number of benzene rings is 1. The molecule has 29 heavy (non-hydrogen) atoms. The van der Waals surface area contributed by atoms with Crippen molar-refractivity contribution in [2.75, 3.05) is 32.8 Å². The predicted molar refractivity (Wildman–Crippen MR) is 109 cm³/mol. The van der Waals surface area contributed by atoms with E-state index < -0.39 is 16.0 Å². The zero-order chi connectivity index (χ0) is 20.9. The maximum absolute atomic E-state index is 12.7. The number of hydrogen-bond donors (Lipinski definition) is 0. The van der Waals surface area contributed by atoms with Gasteiger partial charge in [-0.25, -0.2) is 13.2 Å². The summed E-state index contributed by atoms with van der Waals surface area (Å²) in [5.41, 5.74) is -0.0487. The van der Waals surface area contributed by atoms with Crippen LogP contribution in [0.15, 0.2) is 23.1 Å². The zero-order valence-corrected chi connectivity index (χ0v) is 18.0. The molecule has 0 atom stereocenters. The molecule has 0 N–H and O–H groups in total. The van der Waals surface area contributed by atoms with Crippen LogP contribution in [-0.2, 0) is 19.6 Å². The van der Waals surface area contributed by atoms with E-state index in [1.54, 1.807) is 4.90 Å². The molecule has 2 aliphatic heterocycles. The van der Waals surface area contributed by atoms with Gasteiger partial charge in [0.15, 0.2) is 6.61 Å². The molecule has 2 aliphatic rings. The average Bonchev–Trinajstić information content (AvgIpc) is 3.21. The molecule has 9 heteroatoms. The van der Waals surface area contributed by atoms with Gasteiger partial charge in [-0.3, -0.25) is 4.79 Å². The van der Waals surface area contributed by atoms with Crippen LogP contribution in [0.3, 0.4) is 0 Å². The Hall–Kier alpha value is -1.64. The number of esters is 1. The summed E-state index contributed by atoms with van der Waals surface area (Å²) in [6.45, 7) is 1.89. The molecular formula is C20H27ClN2O5S. The van der Waals surface area contributed by atoms with Crippen molar-refractivity contribution in [1.82, 2.24) is 9.21 Å². The molecule has 0 spiro atoms. The molecule has 0 radical (unpaired) electrons. The first-order valence-electron chi connectivity index (χ1n) is 10.1. The van der Waals surface area contributed by atoms with Crippen LogP contribution in [0.25, 0.3) is 0 Å². The molecular weight excluding hydrogens is 416 g/mol. The van der Waals surface area contributed by atoms with Gasteiger partial charge in [-0.2, -0.15) is 4.31 Å². The summed E-state index contributed by atoms with van der Waals surface area (Å²) in [6.07, 6.45) is 6.91. The van der Waals surface area contributed by atoms with Crippen LogP contribution >= 0.6 is 11.6 Å². The third-order valence-electron chi connectivity index (χ3n) is 5.40. The fourth-order valence-corrected chi connectivity index (χ4v) is 5.43. The Morgan fingerprint density at radius 3 is 2.17 bits per heavy atom. The summed E-state index contributed by atoms with van der Waals surface area (Å²) in [6, 6.07) is 4.00. The van der Waals surface area contributed by atoms with Crippen LogP contribution in [-0.4, -0.2) is 62.3 Å². The van der Waals surface area contributed by atoms with Crippen LogP contribution < -0.4 is 0 Å². The first kappa shape index (κ1) is 22.1. The van der Waals surface area contributed by atoms with Crippen molar-refractivity contribution in [3.05, 3.63) is 28.8 Å². The molecule has 0 saturated carbocycles. The van der Waals surface area contributed by atoms with E-state index in [-0.39, 0.29) is 28.0 Å². The van der Waals surface area contributed by atoms with E-state index in [1.807, 2.05) is 0 Å². The maximum atomic E-state index is 12.7. The number of amides is 1. The first-order valence-corrected chi connectivity index (χ1v) is 12.0. The van der Waals surface area contributed by atoms with Crippen LogP contribution in [0.2, 0.25) is 5.02 Å². The lowest BCUT2D eigenvalue weighted by molar-refractivity contribution is -0.134. The normalized spacial score (nSPS) is 18.9. The topological polar surface area (TPSA) is 84.0 Å². The highest BCUT2D eigenvalue weighted by Crippen LogP contribution is 2.26. The van der Waals surface area contributed by atoms with Crippen LogP contribution in [0.1, 0.15) is 55.3 Å². The van der Waals surface area contributed by atoms with Crippen molar-refractivity contribution in [3.8, 4) is 0 Å².